The Bertz CT molecular complexity index is 1240. The van der Waals surface area contributed by atoms with Gasteiger partial charge >= 0.3 is 5.97 Å². The van der Waals surface area contributed by atoms with Crippen molar-refractivity contribution in [3.63, 3.8) is 0 Å². The van der Waals surface area contributed by atoms with Gasteiger partial charge in [-0.2, -0.15) is 0 Å². The van der Waals surface area contributed by atoms with Gasteiger partial charge in [-0.3, -0.25) is 4.79 Å². The van der Waals surface area contributed by atoms with Crippen LogP contribution in [0, 0.1) is 0 Å². The minimum Gasteiger partial charge on any atom is -0.489 e. The van der Waals surface area contributed by atoms with Crippen LogP contribution in [0.5, 0.6) is 23.0 Å². The largest absolute Gasteiger partial charge is 0.489 e. The normalized spacial score (nSPS) is 14.8. The summed E-state index contributed by atoms with van der Waals surface area (Å²) in [6.45, 7) is 0.489. The number of rotatable bonds is 5. The van der Waals surface area contributed by atoms with E-state index in [-0.39, 0.29) is 24.3 Å². The fraction of sp³-hybridized carbons (Fsp3) is 0.120. The number of methoxy groups -OCH3 is 1. The first-order chi connectivity index (χ1) is 15.6. The maximum Gasteiger partial charge on any atom is 0.337 e. The molecule has 2 aliphatic heterocycles. The first kappa shape index (κ1) is 19.7. The lowest BCUT2D eigenvalue weighted by Crippen LogP contribution is -2.02. The van der Waals surface area contributed by atoms with Crippen LogP contribution >= 0.6 is 0 Å². The van der Waals surface area contributed by atoms with E-state index in [1.54, 1.807) is 60.7 Å². The van der Waals surface area contributed by atoms with Crippen LogP contribution in [0.3, 0.4) is 0 Å². The molecule has 7 heteroatoms. The predicted octanol–water partition coefficient (Wildman–Crippen LogP) is 4.40. The number of ketones is 1. The first-order valence-corrected chi connectivity index (χ1v) is 9.89. The van der Waals surface area contributed by atoms with Crippen LogP contribution in [0.1, 0.15) is 31.8 Å². The van der Waals surface area contributed by atoms with Crippen molar-refractivity contribution in [1.29, 1.82) is 0 Å². The van der Waals surface area contributed by atoms with E-state index in [0.29, 0.717) is 40.7 Å². The Balaban J connectivity index is 1.28. The number of benzene rings is 3. The summed E-state index contributed by atoms with van der Waals surface area (Å²) in [5, 5.41) is 0. The van der Waals surface area contributed by atoms with Gasteiger partial charge in [0.05, 0.1) is 18.2 Å². The molecule has 0 unspecified atom stereocenters. The molecule has 0 saturated heterocycles. The van der Waals surface area contributed by atoms with Crippen LogP contribution in [0.4, 0.5) is 0 Å². The summed E-state index contributed by atoms with van der Waals surface area (Å²) in [5.74, 6) is 1.98. The maximum atomic E-state index is 12.7. The molecule has 32 heavy (non-hydrogen) atoms. The molecule has 7 nitrogen and oxygen atoms in total. The van der Waals surface area contributed by atoms with Crippen molar-refractivity contribution in [2.45, 2.75) is 6.61 Å². The summed E-state index contributed by atoms with van der Waals surface area (Å²) in [6.07, 6.45) is 1.67. The number of hydrogen-bond acceptors (Lipinski definition) is 7. The van der Waals surface area contributed by atoms with Gasteiger partial charge in [0.25, 0.3) is 0 Å². The van der Waals surface area contributed by atoms with Crippen molar-refractivity contribution in [3.8, 4) is 23.0 Å². The second kappa shape index (κ2) is 8.11. The molecular formula is C25H18O7. The molecule has 0 aliphatic carbocycles. The van der Waals surface area contributed by atoms with E-state index in [1.165, 1.54) is 7.11 Å². The summed E-state index contributed by atoms with van der Waals surface area (Å²) in [4.78, 5) is 24.2. The van der Waals surface area contributed by atoms with Gasteiger partial charge in [-0.15, -0.1) is 0 Å². The number of fused-ring (bicyclic) bond motifs is 2. The summed E-state index contributed by atoms with van der Waals surface area (Å²) in [5.41, 5.74) is 2.62. The number of carbonyl (C=O) groups excluding carboxylic acids is 2. The van der Waals surface area contributed by atoms with Crippen LogP contribution in [0.25, 0.3) is 6.08 Å². The molecule has 2 heterocycles. The summed E-state index contributed by atoms with van der Waals surface area (Å²) in [7, 11) is 1.34. The second-order valence-corrected chi connectivity index (χ2v) is 7.19. The van der Waals surface area contributed by atoms with Gasteiger partial charge in [-0.25, -0.2) is 4.79 Å². The Morgan fingerprint density at radius 2 is 1.78 bits per heavy atom. The first-order valence-electron chi connectivity index (χ1n) is 9.89. The molecule has 0 fully saturated rings. The molecule has 0 aromatic heterocycles. The molecule has 160 valence electrons. The molecule has 3 aromatic carbocycles. The molecule has 0 N–H and O–H groups in total. The fourth-order valence-corrected chi connectivity index (χ4v) is 3.43. The highest BCUT2D eigenvalue weighted by Crippen LogP contribution is 2.37. The van der Waals surface area contributed by atoms with Gasteiger partial charge in [0.2, 0.25) is 12.6 Å². The molecule has 0 atom stereocenters. The van der Waals surface area contributed by atoms with E-state index in [1.807, 2.05) is 6.07 Å². The molecule has 2 aliphatic rings. The van der Waals surface area contributed by atoms with E-state index >= 15 is 0 Å². The summed E-state index contributed by atoms with van der Waals surface area (Å²) < 4.78 is 27.0. The standard InChI is InChI=1S/C25H18O7/c1-28-25(27)17-5-2-15(3-6-17)13-29-18-7-8-19-21(12-18)32-23(24(19)26)11-16-4-9-20-22(10-16)31-14-30-20/h2-12H,13-14H2,1H3/b23-11-. The van der Waals surface area contributed by atoms with E-state index in [2.05, 4.69) is 0 Å². The van der Waals surface area contributed by atoms with Crippen molar-refractivity contribution in [1.82, 2.24) is 0 Å². The average molecular weight is 430 g/mol. The molecule has 0 bridgehead atoms. The molecule has 0 saturated carbocycles. The van der Waals surface area contributed by atoms with Crippen molar-refractivity contribution < 1.29 is 33.3 Å². The molecule has 3 aromatic rings. The summed E-state index contributed by atoms with van der Waals surface area (Å²) in [6, 6.07) is 17.5. The van der Waals surface area contributed by atoms with E-state index in [0.717, 1.165) is 11.1 Å². The smallest absolute Gasteiger partial charge is 0.337 e. The summed E-state index contributed by atoms with van der Waals surface area (Å²) >= 11 is 0. The minimum absolute atomic E-state index is 0.189. The third kappa shape index (κ3) is 3.76. The lowest BCUT2D eigenvalue weighted by atomic mass is 10.1. The van der Waals surface area contributed by atoms with E-state index < -0.39 is 0 Å². The zero-order valence-electron chi connectivity index (χ0n) is 17.1. The Morgan fingerprint density at radius 1 is 0.969 bits per heavy atom. The number of ether oxygens (including phenoxy) is 5. The van der Waals surface area contributed by atoms with Crippen LogP contribution in [0.2, 0.25) is 0 Å². The lowest BCUT2D eigenvalue weighted by molar-refractivity contribution is 0.0600. The zero-order chi connectivity index (χ0) is 22.1. The van der Waals surface area contributed by atoms with Crippen LogP contribution < -0.4 is 18.9 Å². The van der Waals surface area contributed by atoms with Crippen molar-refractivity contribution in [3.05, 3.63) is 88.7 Å². The molecular weight excluding hydrogens is 412 g/mol. The van der Waals surface area contributed by atoms with Crippen LogP contribution in [-0.4, -0.2) is 25.7 Å². The Hall–Kier alpha value is -4.26. The highest BCUT2D eigenvalue weighted by atomic mass is 16.7. The number of esters is 1. The maximum absolute atomic E-state index is 12.7. The number of Topliss-reactive ketones (excluding diaryl/α,β-unsaturated/α-hetero) is 1. The number of hydrogen-bond donors (Lipinski definition) is 0. The van der Waals surface area contributed by atoms with Gasteiger partial charge in [-0.05, 0) is 53.6 Å². The lowest BCUT2D eigenvalue weighted by Gasteiger charge is -2.08. The topological polar surface area (TPSA) is 80.3 Å². The molecule has 5 rings (SSSR count). The zero-order valence-corrected chi connectivity index (χ0v) is 17.1. The van der Waals surface area contributed by atoms with E-state index in [4.69, 9.17) is 23.7 Å². The Morgan fingerprint density at radius 3 is 2.59 bits per heavy atom. The second-order valence-electron chi connectivity index (χ2n) is 7.19. The highest BCUT2D eigenvalue weighted by molar-refractivity contribution is 6.14. The Kier molecular flexibility index (Phi) is 4.99. The minimum atomic E-state index is -0.387. The molecule has 0 radical (unpaired) electrons. The van der Waals surface area contributed by atoms with Crippen molar-refractivity contribution >= 4 is 17.8 Å². The monoisotopic (exact) mass is 430 g/mol. The van der Waals surface area contributed by atoms with Crippen LogP contribution in [0.15, 0.2) is 66.4 Å². The molecule has 0 spiro atoms. The van der Waals surface area contributed by atoms with Gasteiger partial charge in [0, 0.05) is 6.07 Å². The number of carbonyl (C=O) groups is 2. The highest BCUT2D eigenvalue weighted by Gasteiger charge is 2.28. The van der Waals surface area contributed by atoms with E-state index in [9.17, 15) is 9.59 Å². The average Bonchev–Trinajstić information content (AvgIpc) is 3.41. The van der Waals surface area contributed by atoms with Crippen molar-refractivity contribution in [2.75, 3.05) is 13.9 Å². The molecule has 0 amide bonds. The van der Waals surface area contributed by atoms with Crippen molar-refractivity contribution in [2.24, 2.45) is 0 Å². The van der Waals surface area contributed by atoms with Crippen LogP contribution in [-0.2, 0) is 11.3 Å². The van der Waals surface area contributed by atoms with Gasteiger partial charge in [-0.1, -0.05) is 18.2 Å². The van der Waals surface area contributed by atoms with Gasteiger partial charge in [0.1, 0.15) is 18.1 Å². The Labute approximate surface area is 183 Å². The fourth-order valence-electron chi connectivity index (χ4n) is 3.43. The predicted molar refractivity (Wildman–Crippen MR) is 114 cm³/mol. The third-order valence-corrected chi connectivity index (χ3v) is 5.12. The SMILES string of the molecule is COC(=O)c1ccc(COc2ccc3c(c2)O/C(=C\c2ccc4c(c2)OCO4)C3=O)cc1. The van der Waals surface area contributed by atoms with Gasteiger partial charge in [0.15, 0.2) is 17.3 Å². The van der Waals surface area contributed by atoms with Gasteiger partial charge < -0.3 is 23.7 Å². The quantitative estimate of drug-likeness (QED) is 0.438. The number of allylic oxidation sites excluding steroid dienone is 1. The third-order valence-electron chi connectivity index (χ3n) is 5.12.